The summed E-state index contributed by atoms with van der Waals surface area (Å²) in [6.07, 6.45) is -2.24. The van der Waals surface area contributed by atoms with E-state index in [-0.39, 0.29) is 24.1 Å². The molecule has 0 radical (unpaired) electrons. The maximum atomic E-state index is 14.4. The highest BCUT2D eigenvalue weighted by Gasteiger charge is 2.45. The Hall–Kier alpha value is -1.80. The Morgan fingerprint density at radius 1 is 1.29 bits per heavy atom. The van der Waals surface area contributed by atoms with E-state index in [2.05, 4.69) is 15.0 Å². The van der Waals surface area contributed by atoms with Crippen LogP contribution in [0.1, 0.15) is 24.3 Å². The number of ether oxygens (including phenoxy) is 1. The zero-order valence-electron chi connectivity index (χ0n) is 17.4. The molecule has 2 aliphatic rings. The van der Waals surface area contributed by atoms with Crippen molar-refractivity contribution in [3.05, 3.63) is 47.3 Å². The van der Waals surface area contributed by atoms with Crippen LogP contribution in [0.5, 0.6) is 0 Å². The second-order valence-electron chi connectivity index (χ2n) is 7.75. The van der Waals surface area contributed by atoms with Crippen LogP contribution < -0.4 is 5.73 Å². The third kappa shape index (κ3) is 4.43. The molecule has 0 bridgehead atoms. The molecule has 2 aromatic heterocycles. The van der Waals surface area contributed by atoms with Crippen molar-refractivity contribution < 1.29 is 32.9 Å². The third-order valence-corrected chi connectivity index (χ3v) is 8.19. The van der Waals surface area contributed by atoms with Crippen LogP contribution >= 0.6 is 18.3 Å². The lowest BCUT2D eigenvalue weighted by Crippen LogP contribution is -2.34. The zero-order valence-corrected chi connectivity index (χ0v) is 19.9. The molecular weight excluding hydrogens is 512 g/mol. The van der Waals surface area contributed by atoms with Crippen molar-refractivity contribution in [3.8, 4) is 0 Å². The molecule has 34 heavy (non-hydrogen) atoms. The lowest BCUT2D eigenvalue weighted by Gasteiger charge is -2.32. The number of hydrogen-bond acceptors (Lipinski definition) is 11. The summed E-state index contributed by atoms with van der Waals surface area (Å²) < 4.78 is 38.8. The summed E-state index contributed by atoms with van der Waals surface area (Å²) in [4.78, 5) is 12.1. The van der Waals surface area contributed by atoms with Gasteiger partial charge in [0.05, 0.1) is 25.6 Å². The first-order valence-electron chi connectivity index (χ1n) is 10.2. The molecule has 1 aromatic carbocycles. The summed E-state index contributed by atoms with van der Waals surface area (Å²) in [6, 6.07) is 4.29. The highest BCUT2D eigenvalue weighted by Crippen LogP contribution is 2.57. The van der Waals surface area contributed by atoms with Gasteiger partial charge in [0, 0.05) is 17.0 Å². The summed E-state index contributed by atoms with van der Waals surface area (Å²) in [5.74, 6) is -0.341. The maximum absolute atomic E-state index is 14.4. The Bertz CT molecular complexity index is 1270. The Morgan fingerprint density at radius 2 is 2.12 bits per heavy atom. The van der Waals surface area contributed by atoms with Crippen LogP contribution in [0.3, 0.4) is 0 Å². The van der Waals surface area contributed by atoms with Crippen molar-refractivity contribution in [2.45, 2.75) is 37.1 Å². The molecule has 0 amide bonds. The number of imidazole rings is 1. The number of aliphatic hydroxyl groups is 2. The smallest absolute Gasteiger partial charge is 0.327 e. The number of benzene rings is 1. The predicted molar refractivity (Wildman–Crippen MR) is 122 cm³/mol. The normalized spacial score (nSPS) is 31.8. The molecule has 5 rings (SSSR count). The first kappa shape index (κ1) is 23.9. The number of aliphatic hydroxyl groups excluding tert-OH is 2. The Balaban J connectivity index is 1.28. The van der Waals surface area contributed by atoms with Crippen LogP contribution in [0.4, 0.5) is 10.2 Å². The Kier molecular flexibility index (Phi) is 6.57. The second-order valence-corrected chi connectivity index (χ2v) is 11.2. The molecule has 0 spiro atoms. The maximum Gasteiger partial charge on any atom is 0.327 e. The van der Waals surface area contributed by atoms with Crippen molar-refractivity contribution in [1.29, 1.82) is 0 Å². The fraction of sp³-hybridized carbons (Fsp3) is 0.421. The fourth-order valence-electron chi connectivity index (χ4n) is 3.87. The molecule has 4 unspecified atom stereocenters. The van der Waals surface area contributed by atoms with E-state index >= 15 is 0 Å². The lowest BCUT2D eigenvalue weighted by atomic mass is 10.1. The highest BCUT2D eigenvalue weighted by atomic mass is 35.5. The van der Waals surface area contributed by atoms with Crippen molar-refractivity contribution in [3.63, 3.8) is 0 Å². The van der Waals surface area contributed by atoms with E-state index in [9.17, 15) is 14.6 Å². The van der Waals surface area contributed by atoms with Gasteiger partial charge in [0.1, 0.15) is 36.0 Å². The van der Waals surface area contributed by atoms with Crippen LogP contribution in [0.15, 0.2) is 30.9 Å². The van der Waals surface area contributed by atoms with Gasteiger partial charge < -0.3 is 34.3 Å². The van der Waals surface area contributed by atoms with Gasteiger partial charge in [0.25, 0.3) is 0 Å². The number of nitrogen functional groups attached to an aromatic ring is 1. The van der Waals surface area contributed by atoms with Crippen LogP contribution in [0.25, 0.3) is 11.2 Å². The number of fused-ring (bicyclic) bond motifs is 1. The first-order valence-corrected chi connectivity index (χ1v) is 13.2. The standard InChI is InChI=1S/C19H20ClFN5O6PS/c20-9-1-2-10(11(21)5-9)12-3-4-29-33(34,32-12)30-6-13-15(27)16(28)19(31-13)26-8-25-14-17(22)23-7-24-18(14)26/h1-2,5,7-8,12-13,15-16,19,27-28H,3-4,6H2,(H2,22,23,24)/t12?,13-,15?,16?,19-,33?/m1/s1. The summed E-state index contributed by atoms with van der Waals surface area (Å²) in [5, 5.41) is 21.4. The van der Waals surface area contributed by atoms with Gasteiger partial charge >= 0.3 is 6.72 Å². The van der Waals surface area contributed by atoms with E-state index in [1.54, 1.807) is 6.07 Å². The van der Waals surface area contributed by atoms with Crippen molar-refractivity contribution >= 4 is 47.1 Å². The van der Waals surface area contributed by atoms with E-state index in [0.717, 1.165) is 0 Å². The van der Waals surface area contributed by atoms with Gasteiger partial charge in [-0.1, -0.05) is 17.7 Å². The van der Waals surface area contributed by atoms with Crippen molar-refractivity contribution in [2.75, 3.05) is 18.9 Å². The van der Waals surface area contributed by atoms with E-state index in [0.29, 0.717) is 23.1 Å². The van der Waals surface area contributed by atoms with Crippen molar-refractivity contribution in [1.82, 2.24) is 19.5 Å². The van der Waals surface area contributed by atoms with Gasteiger partial charge in [-0.2, -0.15) is 0 Å². The molecule has 11 nitrogen and oxygen atoms in total. The second kappa shape index (κ2) is 9.34. The molecule has 0 aliphatic carbocycles. The average Bonchev–Trinajstić information content (AvgIpc) is 3.35. The number of halogens is 2. The van der Waals surface area contributed by atoms with E-state index in [1.165, 1.54) is 29.4 Å². The Morgan fingerprint density at radius 3 is 2.91 bits per heavy atom. The summed E-state index contributed by atoms with van der Waals surface area (Å²) in [7, 11) is 0. The molecule has 2 saturated heterocycles. The number of hydrogen-bond donors (Lipinski definition) is 3. The molecule has 0 saturated carbocycles. The number of anilines is 1. The lowest BCUT2D eigenvalue weighted by molar-refractivity contribution is -0.0533. The van der Waals surface area contributed by atoms with Gasteiger partial charge in [0.15, 0.2) is 17.7 Å². The number of nitrogens with zero attached hydrogens (tertiary/aromatic N) is 4. The van der Waals surface area contributed by atoms with Crippen LogP contribution in [-0.4, -0.2) is 61.3 Å². The van der Waals surface area contributed by atoms with Crippen molar-refractivity contribution in [2.24, 2.45) is 0 Å². The van der Waals surface area contributed by atoms with E-state index in [4.69, 9.17) is 47.4 Å². The first-order chi connectivity index (χ1) is 16.3. The molecule has 4 heterocycles. The molecule has 4 N–H and O–H groups in total. The van der Waals surface area contributed by atoms with Crippen LogP contribution in [0.2, 0.25) is 5.02 Å². The number of aromatic nitrogens is 4. The molecule has 182 valence electrons. The molecule has 2 fully saturated rings. The monoisotopic (exact) mass is 531 g/mol. The molecule has 15 heteroatoms. The molecule has 3 aromatic rings. The molecule has 2 aliphatic heterocycles. The quantitative estimate of drug-likeness (QED) is 0.416. The topological polar surface area (TPSA) is 147 Å². The minimum Gasteiger partial charge on any atom is -0.387 e. The van der Waals surface area contributed by atoms with Crippen LogP contribution in [0, 0.1) is 5.82 Å². The van der Waals surface area contributed by atoms with E-state index < -0.39 is 43.2 Å². The van der Waals surface area contributed by atoms with Gasteiger partial charge in [-0.25, -0.2) is 19.3 Å². The van der Waals surface area contributed by atoms with Gasteiger partial charge in [-0.15, -0.1) is 0 Å². The Labute approximate surface area is 202 Å². The minimum atomic E-state index is -3.29. The summed E-state index contributed by atoms with van der Waals surface area (Å²) in [5.41, 5.74) is 6.78. The summed E-state index contributed by atoms with van der Waals surface area (Å²) in [6.45, 7) is -3.32. The fourth-order valence-corrected chi connectivity index (χ4v) is 6.13. The SMILES string of the molecule is Nc1ncnc2c1ncn2[C@@H]1O[C@H](COP2(=S)OCCC(c3ccc(Cl)cc3F)O2)C(O)C1O. The summed E-state index contributed by atoms with van der Waals surface area (Å²) >= 11 is 11.3. The number of rotatable bonds is 5. The minimum absolute atomic E-state index is 0.174. The molecule has 6 atom stereocenters. The van der Waals surface area contributed by atoms with Crippen LogP contribution in [-0.2, 0) is 30.1 Å². The van der Waals surface area contributed by atoms with Gasteiger partial charge in [-0.05, 0) is 23.9 Å². The largest absolute Gasteiger partial charge is 0.387 e. The molecular formula is C19H20ClFN5O6PS. The predicted octanol–water partition coefficient (Wildman–Crippen LogP) is 2.24. The van der Waals surface area contributed by atoms with E-state index in [1.807, 2.05) is 0 Å². The van der Waals surface area contributed by atoms with Gasteiger partial charge in [-0.3, -0.25) is 4.57 Å². The average molecular weight is 532 g/mol. The highest BCUT2D eigenvalue weighted by molar-refractivity contribution is 8.07. The number of nitrogens with two attached hydrogens (primary N) is 1. The zero-order chi connectivity index (χ0) is 24.0. The third-order valence-electron chi connectivity index (χ3n) is 5.59. The van der Waals surface area contributed by atoms with Gasteiger partial charge in [0.2, 0.25) is 0 Å².